The number of hydrogen-bond donors (Lipinski definition) is 1. The average Bonchev–Trinajstić information content (AvgIpc) is 2.97. The van der Waals surface area contributed by atoms with E-state index < -0.39 is 0 Å². The molecule has 5 nitrogen and oxygen atoms in total. The first-order valence-corrected chi connectivity index (χ1v) is 6.87. The zero-order chi connectivity index (χ0) is 13.0. The lowest BCUT2D eigenvalue weighted by Gasteiger charge is -2.09. The fourth-order valence-electron chi connectivity index (χ4n) is 2.67. The van der Waals surface area contributed by atoms with E-state index in [2.05, 4.69) is 10.1 Å². The third-order valence-corrected chi connectivity index (χ3v) is 3.73. The molecule has 1 aromatic heterocycles. The Kier molecular flexibility index (Phi) is 4.72. The van der Waals surface area contributed by atoms with Gasteiger partial charge < -0.3 is 10.5 Å². The second-order valence-electron chi connectivity index (χ2n) is 5.17. The lowest BCUT2D eigenvalue weighted by Crippen LogP contribution is -2.16. The fourth-order valence-corrected chi connectivity index (χ4v) is 2.67. The fraction of sp³-hybridized carbons (Fsp3) is 0.846. The molecule has 1 fully saturated rings. The van der Waals surface area contributed by atoms with Crippen molar-refractivity contribution < 1.29 is 4.74 Å². The van der Waals surface area contributed by atoms with Gasteiger partial charge in [0.25, 0.3) is 0 Å². The molecule has 18 heavy (non-hydrogen) atoms. The van der Waals surface area contributed by atoms with E-state index in [-0.39, 0.29) is 6.04 Å². The van der Waals surface area contributed by atoms with Crippen LogP contribution in [0.4, 0.5) is 0 Å². The largest absolute Gasteiger partial charge is 0.385 e. The van der Waals surface area contributed by atoms with Gasteiger partial charge in [-0.25, -0.2) is 4.98 Å². The summed E-state index contributed by atoms with van der Waals surface area (Å²) >= 11 is 0. The summed E-state index contributed by atoms with van der Waals surface area (Å²) in [7, 11) is 3.66. The van der Waals surface area contributed by atoms with Crippen LogP contribution in [0.5, 0.6) is 0 Å². The number of nitrogens with two attached hydrogens (primary N) is 1. The summed E-state index contributed by atoms with van der Waals surface area (Å²) in [5, 5.41) is 4.54. The van der Waals surface area contributed by atoms with Crippen molar-refractivity contribution in [3.05, 3.63) is 11.6 Å². The standard InChI is InChI=1S/C13H24N4O/c1-17-13(11(14)8-5-9-18-2)15-12(16-17)10-6-3-4-7-10/h10-11H,3-9,14H2,1-2H3. The molecule has 1 aromatic rings. The van der Waals surface area contributed by atoms with Gasteiger partial charge in [-0.05, 0) is 25.7 Å². The summed E-state index contributed by atoms with van der Waals surface area (Å²) in [6.45, 7) is 0.751. The number of hydrogen-bond acceptors (Lipinski definition) is 4. The average molecular weight is 252 g/mol. The van der Waals surface area contributed by atoms with Gasteiger partial charge in [0.1, 0.15) is 5.82 Å². The summed E-state index contributed by atoms with van der Waals surface area (Å²) in [6, 6.07) is -0.0344. The van der Waals surface area contributed by atoms with Crippen molar-refractivity contribution in [1.29, 1.82) is 0 Å². The Morgan fingerprint density at radius 2 is 2.17 bits per heavy atom. The number of nitrogens with zero attached hydrogens (tertiary/aromatic N) is 3. The summed E-state index contributed by atoms with van der Waals surface area (Å²) in [4.78, 5) is 4.66. The third kappa shape index (κ3) is 3.09. The quantitative estimate of drug-likeness (QED) is 0.785. The van der Waals surface area contributed by atoms with Crippen LogP contribution in [0.25, 0.3) is 0 Å². The first kappa shape index (κ1) is 13.5. The molecule has 0 amide bonds. The van der Waals surface area contributed by atoms with Crippen molar-refractivity contribution in [2.24, 2.45) is 12.8 Å². The van der Waals surface area contributed by atoms with E-state index in [1.165, 1.54) is 25.7 Å². The molecular weight excluding hydrogens is 228 g/mol. The minimum absolute atomic E-state index is 0.0344. The van der Waals surface area contributed by atoms with Crippen molar-refractivity contribution in [2.75, 3.05) is 13.7 Å². The lowest BCUT2D eigenvalue weighted by atomic mass is 10.1. The molecular formula is C13H24N4O. The second kappa shape index (κ2) is 6.29. The minimum Gasteiger partial charge on any atom is -0.385 e. The van der Waals surface area contributed by atoms with Gasteiger partial charge in [0, 0.05) is 26.7 Å². The van der Waals surface area contributed by atoms with Gasteiger partial charge in [0.05, 0.1) is 6.04 Å². The topological polar surface area (TPSA) is 66.0 Å². The highest BCUT2D eigenvalue weighted by Gasteiger charge is 2.23. The van der Waals surface area contributed by atoms with Gasteiger partial charge in [-0.2, -0.15) is 5.10 Å². The van der Waals surface area contributed by atoms with Crippen LogP contribution in [0.2, 0.25) is 0 Å². The van der Waals surface area contributed by atoms with Gasteiger partial charge in [-0.3, -0.25) is 4.68 Å². The van der Waals surface area contributed by atoms with E-state index in [1.54, 1.807) is 7.11 Å². The van der Waals surface area contributed by atoms with E-state index in [9.17, 15) is 0 Å². The Morgan fingerprint density at radius 3 is 2.83 bits per heavy atom. The molecule has 0 aliphatic heterocycles. The predicted molar refractivity (Wildman–Crippen MR) is 70.3 cm³/mol. The SMILES string of the molecule is COCCCC(N)c1nc(C2CCCC2)nn1C. The van der Waals surface area contributed by atoms with Gasteiger partial charge >= 0.3 is 0 Å². The Hall–Kier alpha value is -0.940. The van der Waals surface area contributed by atoms with Gasteiger partial charge in [-0.1, -0.05) is 12.8 Å². The summed E-state index contributed by atoms with van der Waals surface area (Å²) in [5.41, 5.74) is 6.17. The van der Waals surface area contributed by atoms with Crippen molar-refractivity contribution in [1.82, 2.24) is 14.8 Å². The van der Waals surface area contributed by atoms with Crippen LogP contribution >= 0.6 is 0 Å². The molecule has 102 valence electrons. The summed E-state index contributed by atoms with van der Waals surface area (Å²) < 4.78 is 6.90. The maximum atomic E-state index is 6.17. The van der Waals surface area contributed by atoms with Gasteiger partial charge in [-0.15, -0.1) is 0 Å². The minimum atomic E-state index is -0.0344. The summed E-state index contributed by atoms with van der Waals surface area (Å²) in [6.07, 6.45) is 6.91. The van der Waals surface area contributed by atoms with Gasteiger partial charge in [0.15, 0.2) is 5.82 Å². The molecule has 1 heterocycles. The zero-order valence-electron chi connectivity index (χ0n) is 11.4. The van der Waals surface area contributed by atoms with E-state index in [4.69, 9.17) is 10.5 Å². The van der Waals surface area contributed by atoms with E-state index >= 15 is 0 Å². The molecule has 1 aliphatic carbocycles. The van der Waals surface area contributed by atoms with Gasteiger partial charge in [0.2, 0.25) is 0 Å². The van der Waals surface area contributed by atoms with Crippen LogP contribution in [0.3, 0.4) is 0 Å². The van der Waals surface area contributed by atoms with E-state index in [0.717, 1.165) is 31.1 Å². The number of rotatable bonds is 6. The first-order chi connectivity index (χ1) is 8.72. The number of aromatic nitrogens is 3. The molecule has 0 saturated heterocycles. The molecule has 0 radical (unpaired) electrons. The van der Waals surface area contributed by atoms with Crippen LogP contribution in [0.15, 0.2) is 0 Å². The zero-order valence-corrected chi connectivity index (χ0v) is 11.4. The van der Waals surface area contributed by atoms with E-state index in [0.29, 0.717) is 5.92 Å². The highest BCUT2D eigenvalue weighted by molar-refractivity contribution is 5.04. The lowest BCUT2D eigenvalue weighted by molar-refractivity contribution is 0.190. The Bertz CT molecular complexity index is 371. The number of ether oxygens (including phenoxy) is 1. The second-order valence-corrected chi connectivity index (χ2v) is 5.17. The monoisotopic (exact) mass is 252 g/mol. The van der Waals surface area contributed by atoms with Crippen molar-refractivity contribution in [3.8, 4) is 0 Å². The van der Waals surface area contributed by atoms with Crippen molar-refractivity contribution >= 4 is 0 Å². The normalized spacial score (nSPS) is 18.4. The molecule has 2 N–H and O–H groups in total. The van der Waals surface area contributed by atoms with E-state index in [1.807, 2.05) is 11.7 Å². The smallest absolute Gasteiger partial charge is 0.154 e. The molecule has 0 aromatic carbocycles. The third-order valence-electron chi connectivity index (χ3n) is 3.73. The predicted octanol–water partition coefficient (Wildman–Crippen LogP) is 1.90. The molecule has 1 saturated carbocycles. The first-order valence-electron chi connectivity index (χ1n) is 6.87. The molecule has 2 rings (SSSR count). The molecule has 0 spiro atoms. The van der Waals surface area contributed by atoms with Crippen molar-refractivity contribution in [2.45, 2.75) is 50.5 Å². The Morgan fingerprint density at radius 1 is 1.44 bits per heavy atom. The molecule has 0 bridgehead atoms. The van der Waals surface area contributed by atoms with Crippen LogP contribution in [-0.4, -0.2) is 28.5 Å². The van der Waals surface area contributed by atoms with Crippen LogP contribution in [-0.2, 0) is 11.8 Å². The molecule has 1 atom stereocenters. The highest BCUT2D eigenvalue weighted by Crippen LogP contribution is 2.32. The Labute approximate surface area is 109 Å². The highest BCUT2D eigenvalue weighted by atomic mass is 16.5. The van der Waals surface area contributed by atoms with Crippen molar-refractivity contribution in [3.63, 3.8) is 0 Å². The van der Waals surface area contributed by atoms with Crippen LogP contribution in [0, 0.1) is 0 Å². The Balaban J connectivity index is 1.99. The molecule has 1 aliphatic rings. The maximum absolute atomic E-state index is 6.17. The molecule has 1 unspecified atom stereocenters. The number of methoxy groups -OCH3 is 1. The summed E-state index contributed by atoms with van der Waals surface area (Å²) in [5.74, 6) is 2.45. The number of aryl methyl sites for hydroxylation is 1. The molecule has 5 heteroatoms. The van der Waals surface area contributed by atoms with Crippen LogP contribution in [0.1, 0.15) is 62.1 Å². The maximum Gasteiger partial charge on any atom is 0.154 e. The van der Waals surface area contributed by atoms with Crippen LogP contribution < -0.4 is 5.73 Å².